The number of amides is 1. The van der Waals surface area contributed by atoms with Crippen LogP contribution in [0.15, 0.2) is 24.3 Å². The predicted molar refractivity (Wildman–Crippen MR) is 99.5 cm³/mol. The first kappa shape index (κ1) is 17.1. The number of rotatable bonds is 2. The Kier molecular flexibility index (Phi) is 3.64. The molecule has 25 heavy (non-hydrogen) atoms. The number of nitrogens with zero attached hydrogens (tertiary/aromatic N) is 1. The van der Waals surface area contributed by atoms with Crippen molar-refractivity contribution in [1.82, 2.24) is 4.90 Å². The van der Waals surface area contributed by atoms with Crippen LogP contribution < -0.4 is 0 Å². The zero-order valence-electron chi connectivity index (χ0n) is 16.0. The summed E-state index contributed by atoms with van der Waals surface area (Å²) in [7, 11) is 0. The van der Waals surface area contributed by atoms with Gasteiger partial charge in [0.25, 0.3) is 0 Å². The molecule has 0 unspecified atom stereocenters. The molecule has 1 amide bonds. The molecule has 1 aromatic carbocycles. The first-order valence-corrected chi connectivity index (χ1v) is 9.69. The highest BCUT2D eigenvalue weighted by molar-refractivity contribution is 5.81. The van der Waals surface area contributed by atoms with E-state index in [2.05, 4.69) is 45.0 Å². The molecule has 1 saturated heterocycles. The maximum Gasteiger partial charge on any atom is 0.225 e. The molecule has 3 nitrogen and oxygen atoms in total. The molecule has 1 N–H and O–H groups in total. The summed E-state index contributed by atoms with van der Waals surface area (Å²) < 4.78 is 0. The number of aliphatic hydroxyl groups is 1. The van der Waals surface area contributed by atoms with Crippen LogP contribution in [-0.4, -0.2) is 34.6 Å². The van der Waals surface area contributed by atoms with Gasteiger partial charge >= 0.3 is 0 Å². The number of hydrogen-bond donors (Lipinski definition) is 1. The minimum atomic E-state index is -0.609. The number of benzene rings is 1. The molecule has 3 aliphatic rings. The first-order valence-electron chi connectivity index (χ1n) is 9.69. The summed E-state index contributed by atoms with van der Waals surface area (Å²) in [5.74, 6) is 0.992. The lowest BCUT2D eigenvalue weighted by atomic mass is 9.55. The zero-order valence-corrected chi connectivity index (χ0v) is 16.0. The van der Waals surface area contributed by atoms with Gasteiger partial charge in [-0.15, -0.1) is 0 Å². The average molecular weight is 341 g/mol. The van der Waals surface area contributed by atoms with E-state index in [4.69, 9.17) is 0 Å². The minimum absolute atomic E-state index is 0.0618. The van der Waals surface area contributed by atoms with Gasteiger partial charge in [0.1, 0.15) is 0 Å². The molecule has 0 atom stereocenters. The van der Waals surface area contributed by atoms with Crippen LogP contribution in [0.4, 0.5) is 0 Å². The monoisotopic (exact) mass is 341 g/mol. The molecule has 136 valence electrons. The topological polar surface area (TPSA) is 40.5 Å². The lowest BCUT2D eigenvalue weighted by Crippen LogP contribution is -2.65. The molecule has 3 heteroatoms. The van der Waals surface area contributed by atoms with E-state index in [-0.39, 0.29) is 17.2 Å². The van der Waals surface area contributed by atoms with Gasteiger partial charge in [0, 0.05) is 24.4 Å². The van der Waals surface area contributed by atoms with E-state index < -0.39 is 5.60 Å². The van der Waals surface area contributed by atoms with E-state index in [1.165, 1.54) is 24.0 Å². The van der Waals surface area contributed by atoms with Gasteiger partial charge in [0.05, 0.1) is 5.60 Å². The molecule has 1 aliphatic heterocycles. The summed E-state index contributed by atoms with van der Waals surface area (Å²) in [6.07, 6.45) is 3.70. The fraction of sp³-hybridized carbons (Fsp3) is 0.682. The lowest BCUT2D eigenvalue weighted by molar-refractivity contribution is -0.168. The van der Waals surface area contributed by atoms with Gasteiger partial charge < -0.3 is 10.0 Å². The Bertz CT molecular complexity index is 678. The van der Waals surface area contributed by atoms with Crippen LogP contribution >= 0.6 is 0 Å². The Balaban J connectivity index is 1.31. The molecule has 1 heterocycles. The molecule has 0 radical (unpaired) electrons. The summed E-state index contributed by atoms with van der Waals surface area (Å²) in [6, 6.07) is 9.08. The Morgan fingerprint density at radius 2 is 1.80 bits per heavy atom. The molecule has 2 saturated carbocycles. The number of likely N-dealkylation sites (tertiary alicyclic amines) is 1. The van der Waals surface area contributed by atoms with Crippen LogP contribution in [0.3, 0.4) is 0 Å². The standard InChI is InChI=1S/C22H31NO2/c1-20(2,3)18-7-5-6-15(8-18)16-11-22(12-16)13-23(14-22)19(24)17-9-21(4,25)10-17/h5-8,16-17,25H,9-14H2,1-4H3/t17-,21+. The van der Waals surface area contributed by atoms with Crippen molar-refractivity contribution in [2.45, 2.75) is 70.3 Å². The lowest BCUT2D eigenvalue weighted by Gasteiger charge is -2.60. The van der Waals surface area contributed by atoms with Crippen LogP contribution in [-0.2, 0) is 10.2 Å². The fourth-order valence-corrected chi connectivity index (χ4v) is 5.09. The summed E-state index contributed by atoms with van der Waals surface area (Å²) in [5.41, 5.74) is 2.85. The molecule has 0 bridgehead atoms. The Morgan fingerprint density at radius 1 is 1.16 bits per heavy atom. The summed E-state index contributed by atoms with van der Waals surface area (Å²) in [5, 5.41) is 9.83. The minimum Gasteiger partial charge on any atom is -0.390 e. The van der Waals surface area contributed by atoms with Gasteiger partial charge in [-0.3, -0.25) is 4.79 Å². The molecule has 3 fully saturated rings. The Hall–Kier alpha value is -1.35. The van der Waals surface area contributed by atoms with Crippen LogP contribution in [0.2, 0.25) is 0 Å². The fourth-order valence-electron chi connectivity index (χ4n) is 5.09. The van der Waals surface area contributed by atoms with Crippen molar-refractivity contribution < 1.29 is 9.90 Å². The second-order valence-corrected chi connectivity index (χ2v) is 10.3. The normalized spacial score (nSPS) is 31.2. The molecule has 1 spiro atoms. The Morgan fingerprint density at radius 3 is 2.36 bits per heavy atom. The predicted octanol–water partition coefficient (Wildman–Crippen LogP) is 3.85. The number of carbonyl (C=O) groups is 1. The molecule has 2 aliphatic carbocycles. The summed E-state index contributed by atoms with van der Waals surface area (Å²) in [4.78, 5) is 14.5. The van der Waals surface area contributed by atoms with Crippen LogP contribution in [0.1, 0.15) is 70.4 Å². The second-order valence-electron chi connectivity index (χ2n) is 10.3. The summed E-state index contributed by atoms with van der Waals surface area (Å²) >= 11 is 0. The largest absolute Gasteiger partial charge is 0.390 e. The number of carbonyl (C=O) groups excluding carboxylic acids is 1. The molecule has 4 rings (SSSR count). The van der Waals surface area contributed by atoms with Gasteiger partial charge in [-0.05, 0) is 55.1 Å². The van der Waals surface area contributed by atoms with Crippen molar-refractivity contribution in [3.05, 3.63) is 35.4 Å². The third-order valence-electron chi connectivity index (χ3n) is 6.67. The molecular weight excluding hydrogens is 310 g/mol. The van der Waals surface area contributed by atoms with Crippen molar-refractivity contribution in [2.24, 2.45) is 11.3 Å². The van der Waals surface area contributed by atoms with E-state index >= 15 is 0 Å². The van der Waals surface area contributed by atoms with Gasteiger partial charge in [0.2, 0.25) is 5.91 Å². The van der Waals surface area contributed by atoms with Crippen molar-refractivity contribution in [3.8, 4) is 0 Å². The molecule has 0 aromatic heterocycles. The van der Waals surface area contributed by atoms with Crippen molar-refractivity contribution in [3.63, 3.8) is 0 Å². The van der Waals surface area contributed by atoms with Gasteiger partial charge in [-0.25, -0.2) is 0 Å². The summed E-state index contributed by atoms with van der Waals surface area (Å²) in [6.45, 7) is 10.5. The maximum absolute atomic E-state index is 12.4. The van der Waals surface area contributed by atoms with Gasteiger partial charge in [-0.1, -0.05) is 45.0 Å². The van der Waals surface area contributed by atoms with E-state index in [1.54, 1.807) is 0 Å². The third kappa shape index (κ3) is 3.01. The smallest absolute Gasteiger partial charge is 0.225 e. The first-order chi connectivity index (χ1) is 11.6. The highest BCUT2D eigenvalue weighted by atomic mass is 16.3. The highest BCUT2D eigenvalue weighted by Gasteiger charge is 2.55. The van der Waals surface area contributed by atoms with Crippen molar-refractivity contribution >= 4 is 5.91 Å². The third-order valence-corrected chi connectivity index (χ3v) is 6.67. The van der Waals surface area contributed by atoms with E-state index in [0.29, 0.717) is 24.2 Å². The molecular formula is C22H31NO2. The van der Waals surface area contributed by atoms with E-state index in [9.17, 15) is 9.90 Å². The highest BCUT2D eigenvalue weighted by Crippen LogP contribution is 2.57. The maximum atomic E-state index is 12.4. The van der Waals surface area contributed by atoms with Crippen LogP contribution in [0, 0.1) is 11.3 Å². The van der Waals surface area contributed by atoms with E-state index in [0.717, 1.165) is 13.1 Å². The zero-order chi connectivity index (χ0) is 18.0. The van der Waals surface area contributed by atoms with Crippen LogP contribution in [0.5, 0.6) is 0 Å². The Labute approximate surface area is 151 Å². The SMILES string of the molecule is CC(C)(C)c1cccc(C2CC3(C2)CN(C(=O)[C@H]2C[C@@](C)(O)C2)C3)c1. The quantitative estimate of drug-likeness (QED) is 0.887. The van der Waals surface area contributed by atoms with E-state index in [1.807, 2.05) is 11.8 Å². The van der Waals surface area contributed by atoms with Gasteiger partial charge in [0.15, 0.2) is 0 Å². The second kappa shape index (κ2) is 5.33. The molecule has 1 aromatic rings. The average Bonchev–Trinajstić information content (AvgIpc) is 2.41. The van der Waals surface area contributed by atoms with Crippen LogP contribution in [0.25, 0.3) is 0 Å². The van der Waals surface area contributed by atoms with Crippen molar-refractivity contribution in [2.75, 3.05) is 13.1 Å². The van der Waals surface area contributed by atoms with Gasteiger partial charge in [-0.2, -0.15) is 0 Å². The number of hydrogen-bond acceptors (Lipinski definition) is 2. The van der Waals surface area contributed by atoms with Crippen molar-refractivity contribution in [1.29, 1.82) is 0 Å².